The van der Waals surface area contributed by atoms with Crippen molar-refractivity contribution in [1.82, 2.24) is 4.98 Å². The van der Waals surface area contributed by atoms with Crippen molar-refractivity contribution in [3.8, 4) is 0 Å². The van der Waals surface area contributed by atoms with Gasteiger partial charge >= 0.3 is 0 Å². The van der Waals surface area contributed by atoms with Gasteiger partial charge in [0.05, 0.1) is 15.7 Å². The fourth-order valence-electron chi connectivity index (χ4n) is 3.66. The third-order valence-electron chi connectivity index (χ3n) is 5.24. The van der Waals surface area contributed by atoms with Crippen LogP contribution in [-0.4, -0.2) is 4.98 Å². The molecule has 2 rings (SSSR count). The highest BCUT2D eigenvalue weighted by Gasteiger charge is 2.03. The van der Waals surface area contributed by atoms with Gasteiger partial charge in [-0.3, -0.25) is 0 Å². The average Bonchev–Trinajstić information content (AvgIpc) is 3.11. The molecule has 1 heterocycles. The van der Waals surface area contributed by atoms with Crippen molar-refractivity contribution in [3.05, 3.63) is 29.3 Å². The number of nitrogens with zero attached hydrogens (tertiary/aromatic N) is 1. The predicted molar refractivity (Wildman–Crippen MR) is 114 cm³/mol. The molecule has 0 amide bonds. The third-order valence-corrected chi connectivity index (χ3v) is 6.04. The van der Waals surface area contributed by atoms with Gasteiger partial charge in [0, 0.05) is 0 Å². The number of para-hydroxylation sites is 1. The molecule has 0 aliphatic rings. The van der Waals surface area contributed by atoms with Gasteiger partial charge < -0.3 is 0 Å². The van der Waals surface area contributed by atoms with Crippen LogP contribution in [0.1, 0.15) is 102 Å². The average molecular weight is 360 g/mol. The van der Waals surface area contributed by atoms with Gasteiger partial charge in [0.15, 0.2) is 0 Å². The molecule has 140 valence electrons. The van der Waals surface area contributed by atoms with Crippen LogP contribution in [0.5, 0.6) is 0 Å². The lowest BCUT2D eigenvalue weighted by Crippen LogP contribution is -1.88. The fourth-order valence-corrected chi connectivity index (χ4v) is 4.38. The van der Waals surface area contributed by atoms with Gasteiger partial charge in [0.2, 0.25) is 0 Å². The van der Waals surface area contributed by atoms with Crippen LogP contribution in [0.4, 0.5) is 0 Å². The maximum Gasteiger partial charge on any atom is 0.0843 e. The molecule has 0 spiro atoms. The summed E-state index contributed by atoms with van der Waals surface area (Å²) >= 11 is 1.75. The van der Waals surface area contributed by atoms with E-state index in [2.05, 4.69) is 30.1 Å². The summed E-state index contributed by atoms with van der Waals surface area (Å²) in [5.41, 5.74) is 4.65. The van der Waals surface area contributed by atoms with E-state index in [0.29, 0.717) is 0 Å². The first-order chi connectivity index (χ1) is 12.4. The summed E-state index contributed by atoms with van der Waals surface area (Å²) in [4.78, 5) is 4.52. The summed E-state index contributed by atoms with van der Waals surface area (Å²) in [6.45, 7) is 2.29. The lowest BCUT2D eigenvalue weighted by molar-refractivity contribution is 0.535. The number of rotatable bonds is 15. The summed E-state index contributed by atoms with van der Waals surface area (Å²) < 4.78 is 1.34. The molecule has 0 fully saturated rings. The number of unbranched alkanes of at least 4 members (excludes halogenated alkanes) is 13. The van der Waals surface area contributed by atoms with Gasteiger partial charge in [0.25, 0.3) is 0 Å². The zero-order valence-corrected chi connectivity index (χ0v) is 17.1. The molecule has 0 unspecified atom stereocenters. The lowest BCUT2D eigenvalue weighted by Gasteiger charge is -2.04. The van der Waals surface area contributed by atoms with Crippen molar-refractivity contribution in [2.24, 2.45) is 0 Å². The van der Waals surface area contributed by atoms with Crippen LogP contribution in [0.25, 0.3) is 10.2 Å². The first-order valence-corrected chi connectivity index (χ1v) is 11.6. The van der Waals surface area contributed by atoms with Gasteiger partial charge in [-0.15, -0.1) is 11.3 Å². The molecular formula is C23H37NS. The largest absolute Gasteiger partial charge is 0.244 e. The minimum Gasteiger partial charge on any atom is -0.244 e. The number of thiazole rings is 1. The topological polar surface area (TPSA) is 12.9 Å². The summed E-state index contributed by atoms with van der Waals surface area (Å²) in [6.07, 6.45) is 21.2. The number of fused-ring (bicyclic) bond motifs is 1. The van der Waals surface area contributed by atoms with Gasteiger partial charge in [-0.2, -0.15) is 0 Å². The number of benzene rings is 1. The zero-order valence-electron chi connectivity index (χ0n) is 16.3. The van der Waals surface area contributed by atoms with Gasteiger partial charge in [-0.1, -0.05) is 103 Å². The van der Waals surface area contributed by atoms with Crippen molar-refractivity contribution < 1.29 is 0 Å². The second-order valence-corrected chi connectivity index (χ2v) is 8.35. The van der Waals surface area contributed by atoms with E-state index in [1.54, 1.807) is 11.3 Å². The predicted octanol–water partition coefficient (Wildman–Crippen LogP) is 8.32. The molecule has 0 radical (unpaired) electrons. The Balaban J connectivity index is 1.38. The number of aryl methyl sites for hydroxylation is 1. The third kappa shape index (κ3) is 8.35. The molecule has 0 saturated carbocycles. The Hall–Kier alpha value is -0.890. The molecule has 2 heteroatoms. The summed E-state index contributed by atoms with van der Waals surface area (Å²) in [5.74, 6) is 0. The van der Waals surface area contributed by atoms with Crippen LogP contribution in [0.2, 0.25) is 0 Å². The van der Waals surface area contributed by atoms with E-state index in [-0.39, 0.29) is 0 Å². The number of aromatic nitrogens is 1. The lowest BCUT2D eigenvalue weighted by atomic mass is 10.0. The molecule has 1 aromatic heterocycles. The second kappa shape index (κ2) is 13.3. The molecular weight excluding hydrogens is 322 g/mol. The van der Waals surface area contributed by atoms with E-state index < -0.39 is 0 Å². The molecule has 0 bridgehead atoms. The number of hydrogen-bond donors (Lipinski definition) is 0. The Morgan fingerprint density at radius 2 is 1.28 bits per heavy atom. The van der Waals surface area contributed by atoms with Crippen molar-refractivity contribution in [2.75, 3.05) is 0 Å². The molecule has 0 aliphatic carbocycles. The van der Waals surface area contributed by atoms with E-state index in [1.165, 1.54) is 112 Å². The van der Waals surface area contributed by atoms with E-state index in [0.717, 1.165) is 0 Å². The first kappa shape index (κ1) is 20.4. The quantitative estimate of drug-likeness (QED) is 0.291. The van der Waals surface area contributed by atoms with E-state index in [1.807, 2.05) is 5.51 Å². The highest BCUT2D eigenvalue weighted by atomic mass is 32.1. The maximum absolute atomic E-state index is 4.52. The van der Waals surface area contributed by atoms with Crippen molar-refractivity contribution in [2.45, 2.75) is 103 Å². The Kier molecular flexibility index (Phi) is 10.9. The first-order valence-electron chi connectivity index (χ1n) is 10.7. The number of hydrogen-bond acceptors (Lipinski definition) is 2. The second-order valence-electron chi connectivity index (χ2n) is 7.46. The zero-order chi connectivity index (χ0) is 17.6. The van der Waals surface area contributed by atoms with E-state index >= 15 is 0 Å². The smallest absolute Gasteiger partial charge is 0.0843 e. The van der Waals surface area contributed by atoms with Crippen molar-refractivity contribution in [3.63, 3.8) is 0 Å². The van der Waals surface area contributed by atoms with Crippen molar-refractivity contribution >= 4 is 21.6 Å². The molecule has 0 aliphatic heterocycles. The Bertz CT molecular complexity index is 560. The standard InChI is InChI=1S/C23H37NS/c1-2-3-4-5-6-7-8-9-10-11-12-13-14-15-17-21-18-16-19-22-23(21)24-20-25-22/h16,18-20H,2-15,17H2,1H3. The van der Waals surface area contributed by atoms with Crippen molar-refractivity contribution in [1.29, 1.82) is 0 Å². The van der Waals surface area contributed by atoms with Gasteiger partial charge in [-0.05, 0) is 24.5 Å². The van der Waals surface area contributed by atoms with E-state index in [9.17, 15) is 0 Å². The van der Waals surface area contributed by atoms with Crippen LogP contribution in [0, 0.1) is 0 Å². The summed E-state index contributed by atoms with van der Waals surface area (Å²) in [7, 11) is 0. The minimum atomic E-state index is 1.19. The molecule has 0 saturated heterocycles. The van der Waals surface area contributed by atoms with Crippen LogP contribution in [0.3, 0.4) is 0 Å². The Morgan fingerprint density at radius 1 is 0.720 bits per heavy atom. The van der Waals surface area contributed by atoms with Gasteiger partial charge in [-0.25, -0.2) is 4.98 Å². The Morgan fingerprint density at radius 3 is 1.88 bits per heavy atom. The molecule has 2 aromatic rings. The molecule has 0 N–H and O–H groups in total. The molecule has 1 nitrogen and oxygen atoms in total. The van der Waals surface area contributed by atoms with Crippen LogP contribution < -0.4 is 0 Å². The highest BCUT2D eigenvalue weighted by Crippen LogP contribution is 2.23. The van der Waals surface area contributed by atoms with Crippen LogP contribution in [0.15, 0.2) is 23.7 Å². The van der Waals surface area contributed by atoms with Gasteiger partial charge in [0.1, 0.15) is 0 Å². The molecule has 1 aromatic carbocycles. The monoisotopic (exact) mass is 359 g/mol. The summed E-state index contributed by atoms with van der Waals surface area (Å²) in [5, 5.41) is 0. The maximum atomic E-state index is 4.52. The van der Waals surface area contributed by atoms with Crippen LogP contribution >= 0.6 is 11.3 Å². The Labute approximate surface area is 159 Å². The fraction of sp³-hybridized carbons (Fsp3) is 0.696. The summed E-state index contributed by atoms with van der Waals surface area (Å²) in [6, 6.07) is 6.62. The normalized spacial score (nSPS) is 11.4. The molecule has 0 atom stereocenters. The highest BCUT2D eigenvalue weighted by molar-refractivity contribution is 7.16. The van der Waals surface area contributed by atoms with E-state index in [4.69, 9.17) is 0 Å². The van der Waals surface area contributed by atoms with Crippen LogP contribution in [-0.2, 0) is 6.42 Å². The molecule has 25 heavy (non-hydrogen) atoms. The minimum absolute atomic E-state index is 1.19. The SMILES string of the molecule is CCCCCCCCCCCCCCCCc1cccc2scnc12.